The molecule has 0 N–H and O–H groups in total. The standard InChI is InChI=1S/C14H32S/c1-7-13(4)11-10-12-15(6,9-3)14(5)8-2/h13-14H,7-12H2,1-6H3/t13-,14?/m1/s1. The van der Waals surface area contributed by atoms with Gasteiger partial charge in [-0.3, -0.25) is 0 Å². The predicted octanol–water partition coefficient (Wildman–Crippen LogP) is 5.07. The van der Waals surface area contributed by atoms with E-state index in [1.165, 1.54) is 37.2 Å². The molecule has 0 aliphatic heterocycles. The Morgan fingerprint density at radius 3 is 2.00 bits per heavy atom. The van der Waals surface area contributed by atoms with Gasteiger partial charge in [-0.15, -0.1) is 0 Å². The van der Waals surface area contributed by atoms with Crippen LogP contribution in [0.25, 0.3) is 0 Å². The van der Waals surface area contributed by atoms with E-state index in [2.05, 4.69) is 40.9 Å². The van der Waals surface area contributed by atoms with E-state index in [4.69, 9.17) is 0 Å². The van der Waals surface area contributed by atoms with Crippen molar-refractivity contribution in [2.75, 3.05) is 17.8 Å². The zero-order chi connectivity index (χ0) is 11.9. The molecule has 0 aliphatic carbocycles. The van der Waals surface area contributed by atoms with Gasteiger partial charge in [0.15, 0.2) is 0 Å². The van der Waals surface area contributed by atoms with Crippen LogP contribution in [0.3, 0.4) is 0 Å². The molecular formula is C14H32S. The lowest BCUT2D eigenvalue weighted by atomic mass is 10.0. The summed E-state index contributed by atoms with van der Waals surface area (Å²) in [6, 6.07) is 0. The van der Waals surface area contributed by atoms with Crippen molar-refractivity contribution in [2.45, 2.75) is 65.6 Å². The maximum atomic E-state index is 2.57. The van der Waals surface area contributed by atoms with Crippen molar-refractivity contribution in [3.05, 3.63) is 0 Å². The molecule has 2 unspecified atom stereocenters. The van der Waals surface area contributed by atoms with Crippen LogP contribution in [0.5, 0.6) is 0 Å². The van der Waals surface area contributed by atoms with Crippen LogP contribution in [-0.2, 0) is 0 Å². The molecule has 1 heteroatoms. The van der Waals surface area contributed by atoms with Crippen molar-refractivity contribution in [1.82, 2.24) is 0 Å². The van der Waals surface area contributed by atoms with Gasteiger partial charge in [0.2, 0.25) is 0 Å². The first-order valence-corrected chi connectivity index (χ1v) is 9.16. The zero-order valence-electron chi connectivity index (χ0n) is 11.8. The van der Waals surface area contributed by atoms with Crippen molar-refractivity contribution in [3.8, 4) is 0 Å². The summed E-state index contributed by atoms with van der Waals surface area (Å²) in [5.74, 6) is 3.85. The first-order chi connectivity index (χ1) is 7.00. The van der Waals surface area contributed by atoms with Crippen molar-refractivity contribution < 1.29 is 0 Å². The molecule has 15 heavy (non-hydrogen) atoms. The molecule has 0 amide bonds. The fraction of sp³-hybridized carbons (Fsp3) is 1.00. The van der Waals surface area contributed by atoms with E-state index in [0.29, 0.717) is 0 Å². The second-order valence-electron chi connectivity index (χ2n) is 5.22. The molecule has 0 bridgehead atoms. The molecule has 0 aromatic rings. The number of rotatable bonds is 8. The predicted molar refractivity (Wildman–Crippen MR) is 77.4 cm³/mol. The van der Waals surface area contributed by atoms with E-state index >= 15 is 0 Å². The molecule has 0 heterocycles. The van der Waals surface area contributed by atoms with Gasteiger partial charge in [-0.05, 0) is 48.2 Å². The van der Waals surface area contributed by atoms with Crippen LogP contribution in [0.1, 0.15) is 60.3 Å². The fourth-order valence-corrected chi connectivity index (χ4v) is 4.89. The average Bonchev–Trinajstić information content (AvgIpc) is 2.27. The molecule has 0 nitrogen and oxygen atoms in total. The molecular weight excluding hydrogens is 200 g/mol. The van der Waals surface area contributed by atoms with Crippen LogP contribution in [-0.4, -0.2) is 23.0 Å². The van der Waals surface area contributed by atoms with Crippen molar-refractivity contribution >= 4 is 10.0 Å². The molecule has 0 saturated carbocycles. The van der Waals surface area contributed by atoms with Gasteiger partial charge in [0.1, 0.15) is 0 Å². The van der Waals surface area contributed by atoms with Gasteiger partial charge in [0.25, 0.3) is 0 Å². The van der Waals surface area contributed by atoms with Crippen LogP contribution >= 0.6 is 10.0 Å². The van der Waals surface area contributed by atoms with Crippen LogP contribution in [0.15, 0.2) is 0 Å². The highest BCUT2D eigenvalue weighted by molar-refractivity contribution is 8.33. The Bertz CT molecular complexity index is 155. The molecule has 0 rings (SSSR count). The quantitative estimate of drug-likeness (QED) is 0.548. The molecule has 0 spiro atoms. The van der Waals surface area contributed by atoms with Gasteiger partial charge in [-0.25, -0.2) is 10.0 Å². The summed E-state index contributed by atoms with van der Waals surface area (Å²) in [6.07, 6.45) is 8.18. The summed E-state index contributed by atoms with van der Waals surface area (Å²) in [5.41, 5.74) is 0. The van der Waals surface area contributed by atoms with Gasteiger partial charge in [-0.1, -0.05) is 41.0 Å². The summed E-state index contributed by atoms with van der Waals surface area (Å²) < 4.78 is 0. The van der Waals surface area contributed by atoms with Crippen LogP contribution in [0, 0.1) is 5.92 Å². The van der Waals surface area contributed by atoms with Gasteiger partial charge in [0.05, 0.1) is 0 Å². The van der Waals surface area contributed by atoms with E-state index in [0.717, 1.165) is 11.2 Å². The third-order valence-corrected chi connectivity index (χ3v) is 9.03. The molecule has 0 aromatic heterocycles. The minimum atomic E-state index is -0.310. The second kappa shape index (κ2) is 7.60. The third-order valence-electron chi connectivity index (χ3n) is 4.21. The summed E-state index contributed by atoms with van der Waals surface area (Å²) in [5, 5.41) is 0.958. The van der Waals surface area contributed by atoms with Gasteiger partial charge >= 0.3 is 0 Å². The first-order valence-electron chi connectivity index (χ1n) is 6.72. The van der Waals surface area contributed by atoms with Crippen LogP contribution in [0.2, 0.25) is 0 Å². The minimum Gasteiger partial charge on any atom is -0.242 e. The Morgan fingerprint density at radius 2 is 1.60 bits per heavy atom. The normalized spacial score (nSPS) is 21.7. The highest BCUT2D eigenvalue weighted by Gasteiger charge is 2.21. The smallest absolute Gasteiger partial charge is 0.0145 e. The molecule has 0 saturated heterocycles. The molecule has 0 aliphatic rings. The molecule has 0 radical (unpaired) electrons. The van der Waals surface area contributed by atoms with E-state index < -0.39 is 0 Å². The topological polar surface area (TPSA) is 0 Å². The van der Waals surface area contributed by atoms with Gasteiger partial charge in [0, 0.05) is 0 Å². The maximum absolute atomic E-state index is 2.57. The SMILES string of the molecule is CCC(C)S(C)(CC)CCC[C@H](C)CC. The monoisotopic (exact) mass is 232 g/mol. The van der Waals surface area contributed by atoms with E-state index in [1.807, 2.05) is 0 Å². The van der Waals surface area contributed by atoms with Crippen LogP contribution < -0.4 is 0 Å². The lowest BCUT2D eigenvalue weighted by Gasteiger charge is -2.41. The van der Waals surface area contributed by atoms with Crippen LogP contribution in [0.4, 0.5) is 0 Å². The molecule has 0 aromatic carbocycles. The van der Waals surface area contributed by atoms with Crippen molar-refractivity contribution in [3.63, 3.8) is 0 Å². The maximum Gasteiger partial charge on any atom is -0.0145 e. The Balaban J connectivity index is 3.98. The molecule has 3 atom stereocenters. The van der Waals surface area contributed by atoms with E-state index in [1.54, 1.807) is 0 Å². The summed E-state index contributed by atoms with van der Waals surface area (Å²) in [7, 11) is -0.310. The van der Waals surface area contributed by atoms with Gasteiger partial charge in [-0.2, -0.15) is 0 Å². The van der Waals surface area contributed by atoms with Crippen molar-refractivity contribution in [2.24, 2.45) is 5.92 Å². The zero-order valence-corrected chi connectivity index (χ0v) is 12.6. The summed E-state index contributed by atoms with van der Waals surface area (Å²) in [4.78, 5) is 0. The highest BCUT2D eigenvalue weighted by Crippen LogP contribution is 2.50. The lowest BCUT2D eigenvalue weighted by molar-refractivity contribution is 0.510. The van der Waals surface area contributed by atoms with Gasteiger partial charge < -0.3 is 0 Å². The van der Waals surface area contributed by atoms with E-state index in [-0.39, 0.29) is 10.0 Å². The first kappa shape index (κ1) is 15.3. The molecule has 94 valence electrons. The largest absolute Gasteiger partial charge is 0.242 e. The van der Waals surface area contributed by atoms with Crippen molar-refractivity contribution in [1.29, 1.82) is 0 Å². The average molecular weight is 232 g/mol. The number of hydrogen-bond donors (Lipinski definition) is 0. The second-order valence-corrected chi connectivity index (χ2v) is 9.71. The summed E-state index contributed by atoms with van der Waals surface area (Å²) >= 11 is 0. The lowest BCUT2D eigenvalue weighted by Crippen LogP contribution is -2.19. The fourth-order valence-electron chi connectivity index (χ4n) is 2.00. The Kier molecular flexibility index (Phi) is 7.77. The van der Waals surface area contributed by atoms with E-state index in [9.17, 15) is 0 Å². The summed E-state index contributed by atoms with van der Waals surface area (Å²) in [6.45, 7) is 11.9. The highest BCUT2D eigenvalue weighted by atomic mass is 32.3. The molecule has 0 fully saturated rings. The number of hydrogen-bond acceptors (Lipinski definition) is 0. The third kappa shape index (κ3) is 5.29. The minimum absolute atomic E-state index is 0.310. The Hall–Kier alpha value is 0.350. The Labute approximate surface area is 99.5 Å². The Morgan fingerprint density at radius 1 is 1.00 bits per heavy atom.